The topological polar surface area (TPSA) is 76.6 Å². The Bertz CT molecular complexity index is 1130. The highest BCUT2D eigenvalue weighted by molar-refractivity contribution is 7.22. The van der Waals surface area contributed by atoms with Crippen molar-refractivity contribution in [3.63, 3.8) is 0 Å². The molecule has 2 amide bonds. The highest BCUT2D eigenvalue weighted by atomic mass is 32.1. The van der Waals surface area contributed by atoms with Crippen molar-refractivity contribution < 1.29 is 13.6 Å². The highest BCUT2D eigenvalue weighted by Gasteiger charge is 2.16. The standard InChI is InChI=1S/C23H29F2N7OS/c1-3-31-11-13-32(14-12-31)10-4-9-26-22(33)29-23-27-18-6-8-20(28-21(18)34-23)30(2)19-7-5-16(24)15-17(19)25/h5-8,15H,3-4,9-14H2,1-2H3,(H2,26,27,29,33). The van der Waals surface area contributed by atoms with Gasteiger partial charge < -0.3 is 20.0 Å². The molecule has 1 fully saturated rings. The van der Waals surface area contributed by atoms with Gasteiger partial charge in [0.15, 0.2) is 5.13 Å². The Morgan fingerprint density at radius 1 is 1.12 bits per heavy atom. The summed E-state index contributed by atoms with van der Waals surface area (Å²) in [5, 5.41) is 6.07. The second-order valence-electron chi connectivity index (χ2n) is 8.18. The summed E-state index contributed by atoms with van der Waals surface area (Å²) in [6.45, 7) is 9.19. The molecule has 0 atom stereocenters. The fraction of sp³-hybridized carbons (Fsp3) is 0.435. The van der Waals surface area contributed by atoms with Crippen molar-refractivity contribution in [3.8, 4) is 0 Å². The van der Waals surface area contributed by atoms with Crippen LogP contribution < -0.4 is 15.5 Å². The van der Waals surface area contributed by atoms with Gasteiger partial charge in [0.25, 0.3) is 0 Å². The van der Waals surface area contributed by atoms with E-state index in [0.29, 0.717) is 27.8 Å². The molecule has 0 bridgehead atoms. The second-order valence-corrected chi connectivity index (χ2v) is 9.16. The van der Waals surface area contributed by atoms with E-state index in [1.165, 1.54) is 28.4 Å². The van der Waals surface area contributed by atoms with Crippen molar-refractivity contribution >= 4 is 44.4 Å². The van der Waals surface area contributed by atoms with Crippen LogP contribution >= 0.6 is 11.3 Å². The Morgan fingerprint density at radius 3 is 2.62 bits per heavy atom. The molecule has 0 spiro atoms. The Kier molecular flexibility index (Phi) is 7.86. The molecule has 2 aromatic heterocycles. The number of hydrogen-bond donors (Lipinski definition) is 2. The first-order chi connectivity index (χ1) is 16.4. The number of carbonyl (C=O) groups excluding carboxylic acids is 1. The first kappa shape index (κ1) is 24.2. The molecule has 3 aromatic rings. The number of pyridine rings is 1. The van der Waals surface area contributed by atoms with Crippen LogP contribution in [0.5, 0.6) is 0 Å². The number of nitrogens with zero attached hydrogens (tertiary/aromatic N) is 5. The normalized spacial score (nSPS) is 14.9. The first-order valence-corrected chi connectivity index (χ1v) is 12.2. The maximum absolute atomic E-state index is 14.1. The van der Waals surface area contributed by atoms with Gasteiger partial charge >= 0.3 is 6.03 Å². The third-order valence-corrected chi connectivity index (χ3v) is 6.81. The predicted molar refractivity (Wildman–Crippen MR) is 132 cm³/mol. The Labute approximate surface area is 201 Å². The number of fused-ring (bicyclic) bond motifs is 1. The smallest absolute Gasteiger partial charge is 0.321 e. The van der Waals surface area contributed by atoms with Crippen LogP contribution in [-0.4, -0.2) is 78.7 Å². The van der Waals surface area contributed by atoms with E-state index in [4.69, 9.17) is 0 Å². The number of anilines is 3. The zero-order valence-electron chi connectivity index (χ0n) is 19.4. The van der Waals surface area contributed by atoms with E-state index in [1.54, 1.807) is 19.2 Å². The minimum atomic E-state index is -0.670. The lowest BCUT2D eigenvalue weighted by atomic mass is 10.2. The average Bonchev–Trinajstić information content (AvgIpc) is 3.23. The number of carbonyl (C=O) groups is 1. The number of thiazole rings is 1. The third kappa shape index (κ3) is 5.96. The Hall–Kier alpha value is -2.89. The van der Waals surface area contributed by atoms with E-state index < -0.39 is 11.6 Å². The number of rotatable bonds is 8. The SMILES string of the molecule is CCN1CCN(CCCNC(=O)Nc2nc3ccc(N(C)c4ccc(F)cc4F)nc3s2)CC1. The van der Waals surface area contributed by atoms with Gasteiger partial charge in [-0.3, -0.25) is 5.32 Å². The molecule has 1 aromatic carbocycles. The number of nitrogens with one attached hydrogen (secondary N) is 2. The van der Waals surface area contributed by atoms with Gasteiger partial charge in [0.1, 0.15) is 27.8 Å². The number of hydrogen-bond acceptors (Lipinski definition) is 7. The summed E-state index contributed by atoms with van der Waals surface area (Å²) in [5.41, 5.74) is 0.839. The largest absolute Gasteiger partial charge is 0.338 e. The van der Waals surface area contributed by atoms with Gasteiger partial charge in [-0.2, -0.15) is 0 Å². The third-order valence-electron chi connectivity index (χ3n) is 5.92. The van der Waals surface area contributed by atoms with Crippen molar-refractivity contribution in [3.05, 3.63) is 42.0 Å². The summed E-state index contributed by atoms with van der Waals surface area (Å²) >= 11 is 1.24. The fourth-order valence-electron chi connectivity index (χ4n) is 3.90. The van der Waals surface area contributed by atoms with Gasteiger partial charge in [-0.05, 0) is 43.8 Å². The Morgan fingerprint density at radius 2 is 1.88 bits per heavy atom. The van der Waals surface area contributed by atoms with Gasteiger partial charge in [-0.1, -0.05) is 18.3 Å². The molecule has 1 aliphatic heterocycles. The summed E-state index contributed by atoms with van der Waals surface area (Å²) in [6, 6.07) is 6.56. The summed E-state index contributed by atoms with van der Waals surface area (Å²) in [6.07, 6.45) is 0.886. The molecule has 8 nitrogen and oxygen atoms in total. The lowest BCUT2D eigenvalue weighted by Crippen LogP contribution is -2.46. The zero-order valence-corrected chi connectivity index (χ0v) is 20.2. The lowest BCUT2D eigenvalue weighted by Gasteiger charge is -2.33. The molecule has 4 rings (SSSR count). The number of likely N-dealkylation sites (N-methyl/N-ethyl adjacent to an activating group) is 1. The van der Waals surface area contributed by atoms with Crippen LogP contribution in [0.2, 0.25) is 0 Å². The maximum Gasteiger partial charge on any atom is 0.321 e. The van der Waals surface area contributed by atoms with E-state index in [2.05, 4.69) is 37.3 Å². The number of urea groups is 1. The van der Waals surface area contributed by atoms with E-state index in [-0.39, 0.29) is 11.7 Å². The minimum absolute atomic E-state index is 0.211. The molecule has 3 heterocycles. The van der Waals surface area contributed by atoms with Crippen molar-refractivity contribution in [1.29, 1.82) is 0 Å². The molecule has 0 aliphatic carbocycles. The van der Waals surface area contributed by atoms with Crippen LogP contribution in [0.3, 0.4) is 0 Å². The van der Waals surface area contributed by atoms with Gasteiger partial charge in [-0.15, -0.1) is 0 Å². The zero-order chi connectivity index (χ0) is 24.1. The summed E-state index contributed by atoms with van der Waals surface area (Å²) in [7, 11) is 1.65. The number of aromatic nitrogens is 2. The van der Waals surface area contributed by atoms with E-state index in [9.17, 15) is 13.6 Å². The monoisotopic (exact) mass is 489 g/mol. The maximum atomic E-state index is 14.1. The molecule has 2 N–H and O–H groups in total. The van der Waals surface area contributed by atoms with Crippen molar-refractivity contribution in [1.82, 2.24) is 25.1 Å². The minimum Gasteiger partial charge on any atom is -0.338 e. The van der Waals surface area contributed by atoms with E-state index >= 15 is 0 Å². The van der Waals surface area contributed by atoms with Crippen LogP contribution in [0.4, 0.5) is 30.2 Å². The number of piperazine rings is 1. The molecule has 0 radical (unpaired) electrons. The lowest BCUT2D eigenvalue weighted by molar-refractivity contribution is 0.136. The predicted octanol–water partition coefficient (Wildman–Crippen LogP) is 3.89. The number of amides is 2. The summed E-state index contributed by atoms with van der Waals surface area (Å²) in [5.74, 6) is -0.822. The summed E-state index contributed by atoms with van der Waals surface area (Å²) in [4.78, 5) is 28.2. The molecular weight excluding hydrogens is 460 g/mol. The van der Waals surface area contributed by atoms with Gasteiger partial charge in [0, 0.05) is 45.8 Å². The average molecular weight is 490 g/mol. The van der Waals surface area contributed by atoms with Gasteiger partial charge in [0.2, 0.25) is 0 Å². The van der Waals surface area contributed by atoms with E-state index in [1.807, 2.05) is 0 Å². The van der Waals surface area contributed by atoms with E-state index in [0.717, 1.165) is 51.8 Å². The Balaban J connectivity index is 1.28. The molecule has 0 unspecified atom stereocenters. The molecule has 182 valence electrons. The molecule has 11 heteroatoms. The fourth-order valence-corrected chi connectivity index (χ4v) is 4.73. The molecular formula is C23H29F2N7OS. The molecule has 0 saturated carbocycles. The van der Waals surface area contributed by atoms with Crippen LogP contribution in [-0.2, 0) is 0 Å². The summed E-state index contributed by atoms with van der Waals surface area (Å²) < 4.78 is 27.3. The van der Waals surface area contributed by atoms with Gasteiger partial charge in [-0.25, -0.2) is 23.5 Å². The quantitative estimate of drug-likeness (QED) is 0.468. The number of halogens is 2. The van der Waals surface area contributed by atoms with Crippen molar-refractivity contribution in [2.45, 2.75) is 13.3 Å². The first-order valence-electron chi connectivity index (χ1n) is 11.4. The second kappa shape index (κ2) is 11.0. The van der Waals surface area contributed by atoms with Gasteiger partial charge in [0.05, 0.1) is 5.69 Å². The van der Waals surface area contributed by atoms with Crippen molar-refractivity contribution in [2.24, 2.45) is 0 Å². The highest BCUT2D eigenvalue weighted by Crippen LogP contribution is 2.30. The van der Waals surface area contributed by atoms with Crippen molar-refractivity contribution in [2.75, 3.05) is 63.1 Å². The molecule has 1 saturated heterocycles. The number of benzene rings is 1. The molecule has 1 aliphatic rings. The van der Waals surface area contributed by atoms with Crippen LogP contribution in [0.1, 0.15) is 13.3 Å². The molecule has 34 heavy (non-hydrogen) atoms. The van der Waals surface area contributed by atoms with Crippen LogP contribution in [0, 0.1) is 11.6 Å². The van der Waals surface area contributed by atoms with Crippen LogP contribution in [0.15, 0.2) is 30.3 Å². The van der Waals surface area contributed by atoms with Crippen LogP contribution in [0.25, 0.3) is 10.3 Å².